The van der Waals surface area contributed by atoms with Gasteiger partial charge in [-0.05, 0) is 48.6 Å². The third kappa shape index (κ3) is 1.74. The summed E-state index contributed by atoms with van der Waals surface area (Å²) in [6, 6.07) is 8.36. The van der Waals surface area contributed by atoms with Gasteiger partial charge < -0.3 is 10.5 Å². The Morgan fingerprint density at radius 2 is 2.28 bits per heavy atom. The SMILES string of the molecule is COc1ccc2c(c1)C(n1nccc1N)CCC2. The van der Waals surface area contributed by atoms with Crippen LogP contribution in [-0.2, 0) is 6.42 Å². The summed E-state index contributed by atoms with van der Waals surface area (Å²) in [5.41, 5.74) is 8.63. The number of ether oxygens (including phenoxy) is 1. The standard InChI is InChI=1S/C14H17N3O/c1-18-11-6-5-10-3-2-4-13(12(10)9-11)17-14(15)7-8-16-17/h5-9,13H,2-4,15H2,1H3. The van der Waals surface area contributed by atoms with Crippen LogP contribution in [0.5, 0.6) is 5.75 Å². The molecule has 4 heteroatoms. The Labute approximate surface area is 106 Å². The minimum Gasteiger partial charge on any atom is -0.497 e. The first-order valence-electron chi connectivity index (χ1n) is 6.25. The largest absolute Gasteiger partial charge is 0.497 e. The molecule has 1 heterocycles. The van der Waals surface area contributed by atoms with Crippen molar-refractivity contribution < 1.29 is 4.74 Å². The van der Waals surface area contributed by atoms with Crippen LogP contribution in [-0.4, -0.2) is 16.9 Å². The van der Waals surface area contributed by atoms with Crippen molar-refractivity contribution >= 4 is 5.82 Å². The fraction of sp³-hybridized carbons (Fsp3) is 0.357. The van der Waals surface area contributed by atoms with Gasteiger partial charge in [0.1, 0.15) is 11.6 Å². The van der Waals surface area contributed by atoms with Crippen molar-refractivity contribution in [1.82, 2.24) is 9.78 Å². The molecule has 1 unspecified atom stereocenters. The van der Waals surface area contributed by atoms with E-state index in [4.69, 9.17) is 10.5 Å². The second-order valence-corrected chi connectivity index (χ2v) is 4.67. The summed E-state index contributed by atoms with van der Waals surface area (Å²) >= 11 is 0. The van der Waals surface area contributed by atoms with Crippen LogP contribution in [0.3, 0.4) is 0 Å². The second kappa shape index (κ2) is 4.37. The van der Waals surface area contributed by atoms with Gasteiger partial charge >= 0.3 is 0 Å². The molecule has 1 aliphatic rings. The molecule has 1 atom stereocenters. The molecule has 4 nitrogen and oxygen atoms in total. The van der Waals surface area contributed by atoms with E-state index < -0.39 is 0 Å². The molecule has 1 aliphatic carbocycles. The number of aromatic nitrogens is 2. The number of methoxy groups -OCH3 is 1. The average Bonchev–Trinajstić information content (AvgIpc) is 2.83. The van der Waals surface area contributed by atoms with Crippen molar-refractivity contribution in [3.05, 3.63) is 41.6 Å². The maximum atomic E-state index is 5.97. The quantitative estimate of drug-likeness (QED) is 0.881. The van der Waals surface area contributed by atoms with Crippen LogP contribution in [0.25, 0.3) is 0 Å². The third-order valence-electron chi connectivity index (χ3n) is 3.63. The lowest BCUT2D eigenvalue weighted by Gasteiger charge is -2.27. The van der Waals surface area contributed by atoms with E-state index in [1.807, 2.05) is 16.8 Å². The monoisotopic (exact) mass is 243 g/mol. The highest BCUT2D eigenvalue weighted by atomic mass is 16.5. The molecule has 18 heavy (non-hydrogen) atoms. The van der Waals surface area contributed by atoms with Crippen molar-refractivity contribution in [1.29, 1.82) is 0 Å². The van der Waals surface area contributed by atoms with E-state index >= 15 is 0 Å². The number of nitrogens with two attached hydrogens (primary N) is 1. The van der Waals surface area contributed by atoms with Gasteiger partial charge in [-0.15, -0.1) is 0 Å². The van der Waals surface area contributed by atoms with Gasteiger partial charge in [-0.3, -0.25) is 0 Å². The first kappa shape index (κ1) is 11.1. The second-order valence-electron chi connectivity index (χ2n) is 4.67. The lowest BCUT2D eigenvalue weighted by molar-refractivity contribution is 0.408. The van der Waals surface area contributed by atoms with Crippen molar-refractivity contribution in [2.24, 2.45) is 0 Å². The van der Waals surface area contributed by atoms with Crippen LogP contribution in [0.4, 0.5) is 5.82 Å². The first-order chi connectivity index (χ1) is 8.79. The molecule has 0 bridgehead atoms. The fourth-order valence-corrected chi connectivity index (χ4v) is 2.72. The Hall–Kier alpha value is -1.97. The molecule has 0 amide bonds. The molecular weight excluding hydrogens is 226 g/mol. The van der Waals surface area contributed by atoms with E-state index in [1.54, 1.807) is 13.3 Å². The van der Waals surface area contributed by atoms with E-state index in [9.17, 15) is 0 Å². The zero-order valence-corrected chi connectivity index (χ0v) is 10.5. The summed E-state index contributed by atoms with van der Waals surface area (Å²) in [4.78, 5) is 0. The molecule has 0 radical (unpaired) electrons. The Bertz CT molecular complexity index is 562. The molecule has 3 rings (SSSR count). The predicted molar refractivity (Wildman–Crippen MR) is 70.7 cm³/mol. The van der Waals surface area contributed by atoms with Gasteiger partial charge in [0.05, 0.1) is 19.3 Å². The van der Waals surface area contributed by atoms with E-state index in [0.717, 1.165) is 24.4 Å². The molecule has 2 N–H and O–H groups in total. The Kier molecular flexibility index (Phi) is 2.70. The van der Waals surface area contributed by atoms with Crippen molar-refractivity contribution in [3.8, 4) is 5.75 Å². The zero-order valence-electron chi connectivity index (χ0n) is 10.5. The summed E-state index contributed by atoms with van der Waals surface area (Å²) in [6.07, 6.45) is 5.12. The van der Waals surface area contributed by atoms with Crippen LogP contribution in [0, 0.1) is 0 Å². The Balaban J connectivity index is 2.08. The van der Waals surface area contributed by atoms with Crippen molar-refractivity contribution in [2.75, 3.05) is 12.8 Å². The molecule has 0 fully saturated rings. The normalized spacial score (nSPS) is 18.4. The third-order valence-corrected chi connectivity index (χ3v) is 3.63. The maximum Gasteiger partial charge on any atom is 0.122 e. The van der Waals surface area contributed by atoms with Crippen LogP contribution < -0.4 is 10.5 Å². The number of hydrogen-bond acceptors (Lipinski definition) is 3. The van der Waals surface area contributed by atoms with Gasteiger partial charge in [0.2, 0.25) is 0 Å². The fourth-order valence-electron chi connectivity index (χ4n) is 2.72. The van der Waals surface area contributed by atoms with Crippen molar-refractivity contribution in [3.63, 3.8) is 0 Å². The smallest absolute Gasteiger partial charge is 0.122 e. The highest BCUT2D eigenvalue weighted by molar-refractivity contribution is 5.41. The minimum absolute atomic E-state index is 0.235. The topological polar surface area (TPSA) is 53.1 Å². The van der Waals surface area contributed by atoms with Gasteiger partial charge in [-0.1, -0.05) is 6.07 Å². The maximum absolute atomic E-state index is 5.97. The highest BCUT2D eigenvalue weighted by Gasteiger charge is 2.23. The summed E-state index contributed by atoms with van der Waals surface area (Å²) in [6.45, 7) is 0. The lowest BCUT2D eigenvalue weighted by Crippen LogP contribution is -2.19. The van der Waals surface area contributed by atoms with Crippen LogP contribution in [0.2, 0.25) is 0 Å². The van der Waals surface area contributed by atoms with Gasteiger partial charge in [-0.2, -0.15) is 5.10 Å². The summed E-state index contributed by atoms with van der Waals surface area (Å²) in [5.74, 6) is 1.61. The highest BCUT2D eigenvalue weighted by Crippen LogP contribution is 2.35. The van der Waals surface area contributed by atoms with E-state index in [0.29, 0.717) is 0 Å². The van der Waals surface area contributed by atoms with E-state index in [1.165, 1.54) is 17.5 Å². The Morgan fingerprint density at radius 3 is 3.00 bits per heavy atom. The molecule has 1 aromatic carbocycles. The number of fused-ring (bicyclic) bond motifs is 1. The van der Waals surface area contributed by atoms with Gasteiger partial charge in [0.15, 0.2) is 0 Å². The predicted octanol–water partition coefficient (Wildman–Crippen LogP) is 2.40. The summed E-state index contributed by atoms with van der Waals surface area (Å²) in [5, 5.41) is 4.34. The zero-order chi connectivity index (χ0) is 12.5. The number of aryl methyl sites for hydroxylation is 1. The first-order valence-corrected chi connectivity index (χ1v) is 6.25. The van der Waals surface area contributed by atoms with E-state index in [-0.39, 0.29) is 6.04 Å². The van der Waals surface area contributed by atoms with E-state index in [2.05, 4.69) is 17.2 Å². The van der Waals surface area contributed by atoms with Crippen LogP contribution >= 0.6 is 0 Å². The molecule has 0 aliphatic heterocycles. The van der Waals surface area contributed by atoms with Crippen LogP contribution in [0.1, 0.15) is 30.0 Å². The number of nitrogen functional groups attached to an aromatic ring is 1. The number of rotatable bonds is 2. The minimum atomic E-state index is 0.235. The molecule has 0 saturated heterocycles. The average molecular weight is 243 g/mol. The van der Waals surface area contributed by atoms with Gasteiger partial charge in [0, 0.05) is 0 Å². The molecular formula is C14H17N3O. The van der Waals surface area contributed by atoms with Crippen LogP contribution in [0.15, 0.2) is 30.5 Å². The van der Waals surface area contributed by atoms with Gasteiger partial charge in [0.25, 0.3) is 0 Å². The lowest BCUT2D eigenvalue weighted by atomic mass is 9.87. The molecule has 0 saturated carbocycles. The number of benzene rings is 1. The van der Waals surface area contributed by atoms with Gasteiger partial charge in [-0.25, -0.2) is 4.68 Å². The number of hydrogen-bond donors (Lipinski definition) is 1. The summed E-state index contributed by atoms with van der Waals surface area (Å²) in [7, 11) is 1.70. The Morgan fingerprint density at radius 1 is 1.39 bits per heavy atom. The molecule has 94 valence electrons. The number of anilines is 1. The molecule has 1 aromatic heterocycles. The molecule has 0 spiro atoms. The van der Waals surface area contributed by atoms with Crippen molar-refractivity contribution in [2.45, 2.75) is 25.3 Å². The molecule has 2 aromatic rings. The summed E-state index contributed by atoms with van der Waals surface area (Å²) < 4.78 is 7.23. The number of nitrogens with zero attached hydrogens (tertiary/aromatic N) is 2.